The van der Waals surface area contributed by atoms with Crippen LogP contribution in [0.2, 0.25) is 0 Å². The zero-order valence-corrected chi connectivity index (χ0v) is 9.69. The van der Waals surface area contributed by atoms with Crippen LogP contribution >= 0.6 is 0 Å². The van der Waals surface area contributed by atoms with Gasteiger partial charge in [-0.15, -0.1) is 0 Å². The molecule has 0 spiro atoms. The second-order valence-corrected chi connectivity index (χ2v) is 4.37. The normalized spacial score (nSPS) is 17.6. The van der Waals surface area contributed by atoms with Crippen LogP contribution in [0.1, 0.15) is 17.2 Å². The van der Waals surface area contributed by atoms with Crippen LogP contribution in [-0.2, 0) is 0 Å². The van der Waals surface area contributed by atoms with Gasteiger partial charge in [-0.1, -0.05) is 48.6 Å². The van der Waals surface area contributed by atoms with E-state index >= 15 is 0 Å². The lowest BCUT2D eigenvalue weighted by atomic mass is 9.90. The van der Waals surface area contributed by atoms with Crippen LogP contribution in [0.5, 0.6) is 0 Å². The predicted molar refractivity (Wildman–Crippen MR) is 72.8 cm³/mol. The van der Waals surface area contributed by atoms with Gasteiger partial charge in [0.1, 0.15) is 0 Å². The summed E-state index contributed by atoms with van der Waals surface area (Å²) < 4.78 is 0. The third kappa shape index (κ3) is 1.75. The van der Waals surface area contributed by atoms with Crippen molar-refractivity contribution in [2.75, 3.05) is 13.1 Å². The Kier molecular flexibility index (Phi) is 2.67. The maximum absolute atomic E-state index is 5.55. The first-order valence-corrected chi connectivity index (χ1v) is 6.03. The van der Waals surface area contributed by atoms with Gasteiger partial charge in [-0.3, -0.25) is 0 Å². The van der Waals surface area contributed by atoms with Gasteiger partial charge in [0.25, 0.3) is 0 Å². The molecule has 3 N–H and O–H groups in total. The lowest BCUT2D eigenvalue weighted by Crippen LogP contribution is -2.27. The molecule has 1 unspecified atom stereocenters. The van der Waals surface area contributed by atoms with Gasteiger partial charge in [0.15, 0.2) is 0 Å². The Morgan fingerprint density at radius 3 is 2.76 bits per heavy atom. The second-order valence-electron chi connectivity index (χ2n) is 4.37. The maximum Gasteiger partial charge on any atom is 0.0516 e. The SMILES string of the molecule is NCCNC1C=Cc2cccc3cccc1c23. The highest BCUT2D eigenvalue weighted by molar-refractivity contribution is 5.95. The minimum absolute atomic E-state index is 0.289. The van der Waals surface area contributed by atoms with E-state index in [2.05, 4.69) is 53.9 Å². The highest BCUT2D eigenvalue weighted by Gasteiger charge is 2.15. The number of rotatable bonds is 3. The van der Waals surface area contributed by atoms with Gasteiger partial charge < -0.3 is 11.1 Å². The minimum atomic E-state index is 0.289. The van der Waals surface area contributed by atoms with Gasteiger partial charge in [0.05, 0.1) is 6.04 Å². The Morgan fingerprint density at radius 2 is 1.94 bits per heavy atom. The van der Waals surface area contributed by atoms with Gasteiger partial charge >= 0.3 is 0 Å². The van der Waals surface area contributed by atoms with E-state index in [1.54, 1.807) is 0 Å². The lowest BCUT2D eigenvalue weighted by Gasteiger charge is -2.22. The maximum atomic E-state index is 5.55. The summed E-state index contributed by atoms with van der Waals surface area (Å²) in [6, 6.07) is 13.2. The summed E-state index contributed by atoms with van der Waals surface area (Å²) in [5.74, 6) is 0. The monoisotopic (exact) mass is 224 g/mol. The number of benzene rings is 2. The van der Waals surface area contributed by atoms with Crippen LogP contribution in [0.3, 0.4) is 0 Å². The lowest BCUT2D eigenvalue weighted by molar-refractivity contribution is 0.630. The Labute approximate surface area is 101 Å². The molecule has 0 amide bonds. The zero-order chi connectivity index (χ0) is 11.7. The van der Waals surface area contributed by atoms with Gasteiger partial charge in [0, 0.05) is 13.1 Å². The predicted octanol–water partition coefficient (Wildman–Crippen LogP) is 2.46. The number of nitrogens with one attached hydrogen (secondary N) is 1. The molecule has 1 aliphatic carbocycles. The van der Waals surface area contributed by atoms with E-state index in [0.717, 1.165) is 6.54 Å². The van der Waals surface area contributed by atoms with E-state index in [9.17, 15) is 0 Å². The molecule has 2 aromatic rings. The highest BCUT2D eigenvalue weighted by Crippen LogP contribution is 2.33. The van der Waals surface area contributed by atoms with Crippen molar-refractivity contribution in [3.05, 3.63) is 53.6 Å². The molecule has 17 heavy (non-hydrogen) atoms. The summed E-state index contributed by atoms with van der Waals surface area (Å²) >= 11 is 0. The number of nitrogens with two attached hydrogens (primary N) is 1. The van der Waals surface area contributed by atoms with Crippen LogP contribution in [0.15, 0.2) is 42.5 Å². The Hall–Kier alpha value is -1.64. The fourth-order valence-electron chi connectivity index (χ4n) is 2.52. The smallest absolute Gasteiger partial charge is 0.0516 e. The van der Waals surface area contributed by atoms with Crippen molar-refractivity contribution in [3.8, 4) is 0 Å². The number of hydrogen-bond donors (Lipinski definition) is 2. The highest BCUT2D eigenvalue weighted by atomic mass is 14.9. The molecule has 1 atom stereocenters. The average Bonchev–Trinajstić information content (AvgIpc) is 2.39. The van der Waals surface area contributed by atoms with Crippen LogP contribution in [0, 0.1) is 0 Å². The molecular weight excluding hydrogens is 208 g/mol. The molecule has 0 bridgehead atoms. The van der Waals surface area contributed by atoms with E-state index in [0.29, 0.717) is 6.54 Å². The standard InChI is InChI=1S/C15H16N2/c16-9-10-17-14-8-7-12-4-1-3-11-5-2-6-13(14)15(11)12/h1-8,14,17H,9-10,16H2. The van der Waals surface area contributed by atoms with Crippen molar-refractivity contribution in [1.82, 2.24) is 5.32 Å². The van der Waals surface area contributed by atoms with E-state index in [1.807, 2.05) is 0 Å². The summed E-state index contributed by atoms with van der Waals surface area (Å²) in [7, 11) is 0. The molecule has 0 aromatic heterocycles. The second kappa shape index (κ2) is 4.32. The van der Waals surface area contributed by atoms with E-state index in [1.165, 1.54) is 21.9 Å². The van der Waals surface area contributed by atoms with E-state index in [-0.39, 0.29) is 6.04 Å². The first kappa shape index (κ1) is 10.5. The molecule has 0 fully saturated rings. The first-order valence-electron chi connectivity index (χ1n) is 6.03. The zero-order valence-electron chi connectivity index (χ0n) is 9.69. The topological polar surface area (TPSA) is 38.0 Å². The van der Waals surface area contributed by atoms with Gasteiger partial charge in [-0.05, 0) is 21.9 Å². The molecule has 0 radical (unpaired) electrons. The van der Waals surface area contributed by atoms with Gasteiger partial charge in [-0.25, -0.2) is 0 Å². The number of hydrogen-bond acceptors (Lipinski definition) is 2. The average molecular weight is 224 g/mol. The molecule has 1 aliphatic rings. The third-order valence-electron chi connectivity index (χ3n) is 3.28. The first-order chi connectivity index (χ1) is 8.40. The summed E-state index contributed by atoms with van der Waals surface area (Å²) in [6.45, 7) is 1.51. The largest absolute Gasteiger partial charge is 0.329 e. The molecule has 86 valence electrons. The molecule has 0 heterocycles. The van der Waals surface area contributed by atoms with Crippen LogP contribution < -0.4 is 11.1 Å². The molecule has 0 aliphatic heterocycles. The molecule has 0 saturated carbocycles. The molecule has 2 aromatic carbocycles. The van der Waals surface area contributed by atoms with Crippen molar-refractivity contribution in [2.45, 2.75) is 6.04 Å². The Morgan fingerprint density at radius 1 is 1.12 bits per heavy atom. The molecule has 2 heteroatoms. The van der Waals surface area contributed by atoms with Crippen molar-refractivity contribution in [3.63, 3.8) is 0 Å². The summed E-state index contributed by atoms with van der Waals surface area (Å²) in [5.41, 5.74) is 8.22. The molecular formula is C15H16N2. The Balaban J connectivity index is 2.13. The minimum Gasteiger partial charge on any atom is -0.329 e. The van der Waals surface area contributed by atoms with Crippen molar-refractivity contribution in [1.29, 1.82) is 0 Å². The van der Waals surface area contributed by atoms with Crippen molar-refractivity contribution >= 4 is 16.8 Å². The van der Waals surface area contributed by atoms with E-state index < -0.39 is 0 Å². The van der Waals surface area contributed by atoms with Gasteiger partial charge in [0.2, 0.25) is 0 Å². The molecule has 0 saturated heterocycles. The van der Waals surface area contributed by atoms with Crippen LogP contribution in [0.25, 0.3) is 16.8 Å². The fourth-order valence-corrected chi connectivity index (χ4v) is 2.52. The summed E-state index contributed by atoms with van der Waals surface area (Å²) in [4.78, 5) is 0. The fraction of sp³-hybridized carbons (Fsp3) is 0.200. The van der Waals surface area contributed by atoms with Crippen molar-refractivity contribution < 1.29 is 0 Å². The molecule has 3 rings (SSSR count). The Bertz CT molecular complexity index is 567. The van der Waals surface area contributed by atoms with Gasteiger partial charge in [-0.2, -0.15) is 0 Å². The van der Waals surface area contributed by atoms with Crippen molar-refractivity contribution in [2.24, 2.45) is 5.73 Å². The van der Waals surface area contributed by atoms with E-state index in [4.69, 9.17) is 5.73 Å². The van der Waals surface area contributed by atoms with Crippen LogP contribution in [0.4, 0.5) is 0 Å². The third-order valence-corrected chi connectivity index (χ3v) is 3.28. The summed E-state index contributed by atoms with van der Waals surface area (Å²) in [6.07, 6.45) is 4.41. The van der Waals surface area contributed by atoms with Crippen LogP contribution in [-0.4, -0.2) is 13.1 Å². The quantitative estimate of drug-likeness (QED) is 0.840. The molecule has 2 nitrogen and oxygen atoms in total. The summed E-state index contributed by atoms with van der Waals surface area (Å²) in [5, 5.41) is 6.14.